The van der Waals surface area contributed by atoms with Crippen molar-refractivity contribution < 1.29 is 23.9 Å². The van der Waals surface area contributed by atoms with Gasteiger partial charge in [0.1, 0.15) is 16.7 Å². The third-order valence-electron chi connectivity index (χ3n) is 6.38. The van der Waals surface area contributed by atoms with Crippen LogP contribution in [0.1, 0.15) is 36.8 Å². The Kier molecular flexibility index (Phi) is 5.12. The first-order valence-corrected chi connectivity index (χ1v) is 11.5. The predicted octanol–water partition coefficient (Wildman–Crippen LogP) is 3.80. The topological polar surface area (TPSA) is 108 Å². The van der Waals surface area contributed by atoms with E-state index in [1.165, 1.54) is 0 Å². The molecule has 1 amide bonds. The zero-order valence-corrected chi connectivity index (χ0v) is 19.4. The van der Waals surface area contributed by atoms with Crippen LogP contribution < -0.4 is 11.1 Å². The number of rotatable bonds is 3. The van der Waals surface area contributed by atoms with Gasteiger partial charge in [0.15, 0.2) is 5.78 Å². The van der Waals surface area contributed by atoms with Gasteiger partial charge in [-0.2, -0.15) is 0 Å². The molecule has 168 valence electrons. The number of nitrogens with two attached hydrogens (primary N) is 1. The molecule has 7 nitrogen and oxygen atoms in total. The van der Waals surface area contributed by atoms with Crippen molar-refractivity contribution in [2.24, 2.45) is 5.73 Å². The van der Waals surface area contributed by atoms with E-state index in [1.807, 2.05) is 30.3 Å². The summed E-state index contributed by atoms with van der Waals surface area (Å²) in [5.41, 5.74) is 6.50. The maximum Gasteiger partial charge on any atom is 0.341 e. The van der Waals surface area contributed by atoms with E-state index in [9.17, 15) is 14.4 Å². The van der Waals surface area contributed by atoms with Crippen molar-refractivity contribution in [2.75, 3.05) is 11.9 Å². The first-order valence-electron chi connectivity index (χ1n) is 10.7. The number of benzene rings is 2. The van der Waals surface area contributed by atoms with E-state index in [0.29, 0.717) is 27.9 Å². The molecule has 1 spiro atoms. The van der Waals surface area contributed by atoms with Crippen molar-refractivity contribution in [3.8, 4) is 0 Å². The second kappa shape index (κ2) is 7.88. The van der Waals surface area contributed by atoms with Crippen molar-refractivity contribution >= 4 is 39.3 Å². The number of ketones is 1. The Hall–Kier alpha value is -3.39. The van der Waals surface area contributed by atoms with Gasteiger partial charge in [0, 0.05) is 28.6 Å². The highest BCUT2D eigenvalue weighted by molar-refractivity contribution is 9.10. The van der Waals surface area contributed by atoms with Crippen molar-refractivity contribution in [3.63, 3.8) is 0 Å². The minimum atomic E-state index is -1.73. The van der Waals surface area contributed by atoms with Crippen LogP contribution in [0.5, 0.6) is 0 Å². The van der Waals surface area contributed by atoms with Gasteiger partial charge in [0.2, 0.25) is 11.8 Å². The number of ether oxygens (including phenoxy) is 2. The summed E-state index contributed by atoms with van der Waals surface area (Å²) in [6, 6.07) is 14.9. The molecule has 1 aliphatic carbocycles. The standard InChI is InChI=1S/C25H21BrN2O5/c1-2-32-23(30)21-22(27)33-19-11-14(13-6-4-3-5-7-13)10-18(29)20(19)25(21)16-12-15(26)8-9-17(16)28-24(25)31/h3-9,12,14H,2,10-11,27H2,1H3,(H,28,31)/t14-,25+/m0/s1. The van der Waals surface area contributed by atoms with E-state index in [0.717, 1.165) is 5.56 Å². The van der Waals surface area contributed by atoms with Crippen LogP contribution in [0.15, 0.2) is 75.8 Å². The fourth-order valence-corrected chi connectivity index (χ4v) is 5.43. The predicted molar refractivity (Wildman–Crippen MR) is 124 cm³/mol. The van der Waals surface area contributed by atoms with Crippen LogP contribution in [0, 0.1) is 0 Å². The van der Waals surface area contributed by atoms with Gasteiger partial charge in [-0.3, -0.25) is 9.59 Å². The van der Waals surface area contributed by atoms with Crippen LogP contribution in [0.2, 0.25) is 0 Å². The molecule has 5 rings (SSSR count). The molecule has 2 aromatic carbocycles. The molecule has 2 aromatic rings. The molecule has 0 saturated carbocycles. The van der Waals surface area contributed by atoms with Gasteiger partial charge >= 0.3 is 5.97 Å². The van der Waals surface area contributed by atoms with Crippen LogP contribution in [-0.4, -0.2) is 24.3 Å². The molecule has 0 unspecified atom stereocenters. The lowest BCUT2D eigenvalue weighted by Gasteiger charge is -2.40. The molecule has 3 N–H and O–H groups in total. The Morgan fingerprint density at radius 2 is 1.97 bits per heavy atom. The van der Waals surface area contributed by atoms with Crippen molar-refractivity contribution in [2.45, 2.75) is 31.1 Å². The molecule has 0 fully saturated rings. The average molecular weight is 509 g/mol. The lowest BCUT2D eigenvalue weighted by atomic mass is 9.63. The van der Waals surface area contributed by atoms with Gasteiger partial charge in [-0.05, 0) is 36.6 Å². The van der Waals surface area contributed by atoms with Crippen LogP contribution in [0.25, 0.3) is 0 Å². The minimum Gasteiger partial charge on any atom is -0.462 e. The third-order valence-corrected chi connectivity index (χ3v) is 6.87. The number of fused-ring (bicyclic) bond motifs is 3. The van der Waals surface area contributed by atoms with E-state index in [-0.39, 0.29) is 41.8 Å². The van der Waals surface area contributed by atoms with Gasteiger partial charge in [-0.1, -0.05) is 46.3 Å². The Balaban J connectivity index is 1.75. The number of nitrogens with one attached hydrogen (secondary N) is 1. The summed E-state index contributed by atoms with van der Waals surface area (Å²) in [5, 5.41) is 2.83. The zero-order valence-electron chi connectivity index (χ0n) is 17.8. The van der Waals surface area contributed by atoms with Crippen LogP contribution >= 0.6 is 15.9 Å². The number of amides is 1. The monoisotopic (exact) mass is 508 g/mol. The van der Waals surface area contributed by atoms with Crippen molar-refractivity contribution in [1.82, 2.24) is 0 Å². The number of allylic oxidation sites excluding steroid dienone is 1. The molecular weight excluding hydrogens is 488 g/mol. The summed E-state index contributed by atoms with van der Waals surface area (Å²) in [4.78, 5) is 40.5. The van der Waals surface area contributed by atoms with Gasteiger partial charge < -0.3 is 20.5 Å². The second-order valence-electron chi connectivity index (χ2n) is 8.19. The van der Waals surface area contributed by atoms with Crippen LogP contribution in [0.4, 0.5) is 5.69 Å². The summed E-state index contributed by atoms with van der Waals surface area (Å²) >= 11 is 3.45. The molecule has 2 aliphatic heterocycles. The first kappa shape index (κ1) is 21.5. The first-order chi connectivity index (χ1) is 15.9. The highest BCUT2D eigenvalue weighted by Gasteiger charge is 2.62. The van der Waals surface area contributed by atoms with Gasteiger partial charge in [0.05, 0.1) is 12.2 Å². The zero-order chi connectivity index (χ0) is 23.3. The Morgan fingerprint density at radius 1 is 1.21 bits per heavy atom. The maximum atomic E-state index is 13.7. The normalized spacial score (nSPS) is 23.8. The summed E-state index contributed by atoms with van der Waals surface area (Å²) in [6.07, 6.45) is 0.556. The van der Waals surface area contributed by atoms with E-state index < -0.39 is 17.3 Å². The maximum absolute atomic E-state index is 13.7. The molecule has 3 aliphatic rings. The third kappa shape index (κ3) is 3.12. The number of esters is 1. The highest BCUT2D eigenvalue weighted by Crippen LogP contribution is 2.56. The Labute approximate surface area is 198 Å². The van der Waals surface area contributed by atoms with Crippen molar-refractivity contribution in [3.05, 3.63) is 86.9 Å². The number of Topliss-reactive ketones (excluding diaryl/α,β-unsaturated/α-hetero) is 1. The summed E-state index contributed by atoms with van der Waals surface area (Å²) in [6.45, 7) is 1.74. The lowest BCUT2D eigenvalue weighted by molar-refractivity contribution is -0.141. The average Bonchev–Trinajstić information content (AvgIpc) is 3.05. The summed E-state index contributed by atoms with van der Waals surface area (Å²) < 4.78 is 11.8. The van der Waals surface area contributed by atoms with E-state index in [2.05, 4.69) is 21.2 Å². The number of hydrogen-bond donors (Lipinski definition) is 2. The minimum absolute atomic E-state index is 0.0780. The number of halogens is 1. The van der Waals surface area contributed by atoms with Crippen LogP contribution in [0.3, 0.4) is 0 Å². The van der Waals surface area contributed by atoms with E-state index in [1.54, 1.807) is 25.1 Å². The number of carbonyl (C=O) groups is 3. The molecular formula is C25H21BrN2O5. The Bertz CT molecular complexity index is 1270. The smallest absolute Gasteiger partial charge is 0.341 e. The quantitative estimate of drug-likeness (QED) is 0.610. The number of carbonyl (C=O) groups excluding carboxylic acids is 3. The van der Waals surface area contributed by atoms with Crippen molar-refractivity contribution in [1.29, 1.82) is 0 Å². The molecule has 8 heteroatoms. The van der Waals surface area contributed by atoms with E-state index >= 15 is 0 Å². The summed E-state index contributed by atoms with van der Waals surface area (Å²) in [7, 11) is 0. The fraction of sp³-hybridized carbons (Fsp3) is 0.240. The van der Waals surface area contributed by atoms with E-state index in [4.69, 9.17) is 15.2 Å². The number of anilines is 1. The molecule has 0 bridgehead atoms. The second-order valence-corrected chi connectivity index (χ2v) is 9.11. The lowest BCUT2D eigenvalue weighted by Crippen LogP contribution is -2.49. The molecule has 33 heavy (non-hydrogen) atoms. The van der Waals surface area contributed by atoms with Gasteiger partial charge in [0.25, 0.3) is 0 Å². The largest absolute Gasteiger partial charge is 0.462 e. The molecule has 0 saturated heterocycles. The molecule has 2 atom stereocenters. The number of hydrogen-bond acceptors (Lipinski definition) is 6. The molecule has 0 aromatic heterocycles. The highest BCUT2D eigenvalue weighted by atomic mass is 79.9. The summed E-state index contributed by atoms with van der Waals surface area (Å²) in [5.74, 6) is -1.61. The molecule has 0 radical (unpaired) electrons. The van der Waals surface area contributed by atoms with Gasteiger partial charge in [-0.25, -0.2) is 4.79 Å². The molecule has 2 heterocycles. The van der Waals surface area contributed by atoms with Crippen LogP contribution in [-0.2, 0) is 29.3 Å². The Morgan fingerprint density at radius 3 is 2.70 bits per heavy atom. The SMILES string of the molecule is CCOC(=O)C1=C(N)OC2=C(C(=O)C[C@H](c3ccccc3)C2)[C@@]12C(=O)Nc1ccc(Br)cc12. The van der Waals surface area contributed by atoms with Gasteiger partial charge in [-0.15, -0.1) is 0 Å². The fourth-order valence-electron chi connectivity index (χ4n) is 5.07.